The number of rotatable bonds is 0. The summed E-state index contributed by atoms with van der Waals surface area (Å²) in [6.07, 6.45) is 0. The summed E-state index contributed by atoms with van der Waals surface area (Å²) in [7, 11) is 0. The van der Waals surface area contributed by atoms with Gasteiger partial charge < -0.3 is 4.98 Å². The molecule has 0 spiro atoms. The Labute approximate surface area is 120 Å². The highest BCUT2D eigenvalue weighted by Gasteiger charge is 2.31. The fourth-order valence-corrected chi connectivity index (χ4v) is 1.37. The van der Waals surface area contributed by atoms with Gasteiger partial charge in [-0.15, -0.1) is 0 Å². The maximum Gasteiger partial charge on any atom is 0.248 e. The van der Waals surface area contributed by atoms with E-state index in [2.05, 4.69) is 15.0 Å². The smallest absolute Gasteiger partial charge is 0.248 e. The van der Waals surface area contributed by atoms with E-state index in [0.717, 1.165) is 0 Å². The summed E-state index contributed by atoms with van der Waals surface area (Å²) in [4.78, 5) is 9.87. The second-order valence-corrected chi connectivity index (χ2v) is 7.25. The summed E-state index contributed by atoms with van der Waals surface area (Å²) in [6.45, 7) is 0. The highest BCUT2D eigenvalue weighted by atomic mass is 35.6. The Hall–Kier alpha value is 0.970. The molecule has 1 aromatic rings. The van der Waals surface area contributed by atoms with Gasteiger partial charge in [0.15, 0.2) is 11.6 Å². The first kappa shape index (κ1) is 14.0. The lowest BCUT2D eigenvalue weighted by Gasteiger charge is -2.14. The summed E-state index contributed by atoms with van der Waals surface area (Å²) in [5.74, 6) is -0.123. The van der Waals surface area contributed by atoms with E-state index in [1.165, 1.54) is 0 Å². The van der Waals surface area contributed by atoms with Crippen molar-refractivity contribution >= 4 is 81.8 Å². The SMILES string of the molecule is S=c1nc(C(Cl)(Cl)Cl)[nH]c(C(Cl)(Cl)Cl)n1. The molecule has 10 heteroatoms. The summed E-state index contributed by atoms with van der Waals surface area (Å²) < 4.78 is -3.67. The van der Waals surface area contributed by atoms with E-state index in [4.69, 9.17) is 81.8 Å². The fourth-order valence-electron chi connectivity index (χ4n) is 0.653. The van der Waals surface area contributed by atoms with Gasteiger partial charge in [-0.1, -0.05) is 69.6 Å². The third kappa shape index (κ3) is 4.04. The zero-order valence-electron chi connectivity index (χ0n) is 6.57. The number of aromatic nitrogens is 3. The van der Waals surface area contributed by atoms with Crippen LogP contribution in [0.5, 0.6) is 0 Å². The van der Waals surface area contributed by atoms with Gasteiger partial charge in [0.25, 0.3) is 0 Å². The molecule has 0 saturated heterocycles. The molecule has 1 N–H and O–H groups in total. The van der Waals surface area contributed by atoms with E-state index in [9.17, 15) is 0 Å². The van der Waals surface area contributed by atoms with Gasteiger partial charge in [-0.3, -0.25) is 0 Å². The molecule has 0 unspecified atom stereocenters. The molecular weight excluding hydrogens is 347 g/mol. The molecular formula is C5HCl6N3S. The number of aromatic amines is 1. The van der Waals surface area contributed by atoms with Crippen LogP contribution in [-0.4, -0.2) is 15.0 Å². The summed E-state index contributed by atoms with van der Waals surface area (Å²) in [5.41, 5.74) is 0. The van der Waals surface area contributed by atoms with Crippen LogP contribution < -0.4 is 0 Å². The molecule has 0 bridgehead atoms. The number of hydrogen-bond donors (Lipinski definition) is 1. The first-order valence-electron chi connectivity index (χ1n) is 3.23. The largest absolute Gasteiger partial charge is 0.325 e. The molecule has 15 heavy (non-hydrogen) atoms. The molecule has 0 fully saturated rings. The van der Waals surface area contributed by atoms with Crippen molar-refractivity contribution in [1.29, 1.82) is 0 Å². The first-order chi connectivity index (χ1) is 6.60. The highest BCUT2D eigenvalue weighted by molar-refractivity contribution is 7.71. The van der Waals surface area contributed by atoms with Crippen LogP contribution in [0.1, 0.15) is 11.6 Å². The molecule has 1 aromatic heterocycles. The minimum atomic E-state index is -1.79. The van der Waals surface area contributed by atoms with Crippen LogP contribution in [0, 0.1) is 4.77 Å². The van der Waals surface area contributed by atoms with Crippen molar-refractivity contribution in [3.63, 3.8) is 0 Å². The average molecular weight is 348 g/mol. The number of alkyl halides is 6. The van der Waals surface area contributed by atoms with Gasteiger partial charge in [-0.05, 0) is 12.2 Å². The van der Waals surface area contributed by atoms with Gasteiger partial charge in [-0.25, -0.2) is 9.97 Å². The molecule has 0 atom stereocenters. The Kier molecular flexibility index (Phi) is 4.38. The molecule has 84 valence electrons. The van der Waals surface area contributed by atoms with Gasteiger partial charge in [0.2, 0.25) is 12.4 Å². The van der Waals surface area contributed by atoms with E-state index in [1.807, 2.05) is 0 Å². The maximum absolute atomic E-state index is 5.59. The quantitative estimate of drug-likeness (QED) is 0.565. The number of nitrogens with one attached hydrogen (secondary N) is 1. The number of H-pyrrole nitrogens is 1. The Balaban J connectivity index is 3.36. The van der Waals surface area contributed by atoms with E-state index < -0.39 is 7.59 Å². The Bertz CT molecular complexity index is 383. The van der Waals surface area contributed by atoms with Crippen molar-refractivity contribution in [2.45, 2.75) is 7.59 Å². The summed E-state index contributed by atoms with van der Waals surface area (Å²) in [6, 6.07) is 0. The number of halogens is 6. The topological polar surface area (TPSA) is 41.6 Å². The van der Waals surface area contributed by atoms with Gasteiger partial charge >= 0.3 is 0 Å². The Morgan fingerprint density at radius 1 is 0.867 bits per heavy atom. The molecule has 0 amide bonds. The van der Waals surface area contributed by atoms with E-state index >= 15 is 0 Å². The van der Waals surface area contributed by atoms with Crippen LogP contribution in [-0.2, 0) is 7.59 Å². The maximum atomic E-state index is 5.59. The van der Waals surface area contributed by atoms with Gasteiger partial charge in [0, 0.05) is 0 Å². The molecule has 0 aliphatic rings. The van der Waals surface area contributed by atoms with Crippen molar-refractivity contribution in [1.82, 2.24) is 15.0 Å². The second-order valence-electron chi connectivity index (χ2n) is 2.32. The average Bonchev–Trinajstić information content (AvgIpc) is 1.99. The van der Waals surface area contributed by atoms with Gasteiger partial charge in [0.1, 0.15) is 0 Å². The van der Waals surface area contributed by atoms with E-state index in [1.54, 1.807) is 0 Å². The van der Waals surface area contributed by atoms with Crippen LogP contribution in [0.3, 0.4) is 0 Å². The van der Waals surface area contributed by atoms with Crippen LogP contribution in [0.4, 0.5) is 0 Å². The third-order valence-electron chi connectivity index (χ3n) is 1.19. The molecule has 1 rings (SSSR count). The molecule has 0 aliphatic carbocycles. The lowest BCUT2D eigenvalue weighted by molar-refractivity contribution is 0.833. The molecule has 0 saturated carbocycles. The molecule has 0 aliphatic heterocycles. The molecule has 0 aromatic carbocycles. The van der Waals surface area contributed by atoms with Crippen LogP contribution in [0.25, 0.3) is 0 Å². The van der Waals surface area contributed by atoms with Crippen molar-refractivity contribution in [2.75, 3.05) is 0 Å². The molecule has 1 heterocycles. The Morgan fingerprint density at radius 3 is 1.47 bits per heavy atom. The minimum absolute atomic E-state index is 0.0613. The highest BCUT2D eigenvalue weighted by Crippen LogP contribution is 2.39. The van der Waals surface area contributed by atoms with Crippen LogP contribution in [0.2, 0.25) is 0 Å². The first-order valence-corrected chi connectivity index (χ1v) is 5.91. The van der Waals surface area contributed by atoms with Crippen molar-refractivity contribution in [2.24, 2.45) is 0 Å². The van der Waals surface area contributed by atoms with E-state index in [0.29, 0.717) is 0 Å². The second kappa shape index (κ2) is 4.69. The van der Waals surface area contributed by atoms with Gasteiger partial charge in [-0.2, -0.15) is 0 Å². The van der Waals surface area contributed by atoms with Crippen LogP contribution >= 0.6 is 81.8 Å². The van der Waals surface area contributed by atoms with Crippen molar-refractivity contribution in [3.8, 4) is 0 Å². The molecule has 0 radical (unpaired) electrons. The lowest BCUT2D eigenvalue weighted by Crippen LogP contribution is -2.15. The number of nitrogens with zero attached hydrogens (tertiary/aromatic N) is 2. The zero-order valence-corrected chi connectivity index (χ0v) is 11.9. The summed E-state index contributed by atoms with van der Waals surface area (Å²) in [5, 5.41) is 0. The third-order valence-corrected chi connectivity index (χ3v) is 2.45. The zero-order chi connectivity index (χ0) is 11.9. The fraction of sp³-hybridized carbons (Fsp3) is 0.400. The van der Waals surface area contributed by atoms with Crippen molar-refractivity contribution < 1.29 is 0 Å². The number of hydrogen-bond acceptors (Lipinski definition) is 3. The Morgan fingerprint density at radius 2 is 1.20 bits per heavy atom. The standard InChI is InChI=1S/C5HCl6N3S/c6-4(7,8)1-12-2(5(9,10)11)14-3(15)13-1/h(H,12,13,14,15). The lowest BCUT2D eigenvalue weighted by atomic mass is 10.6. The van der Waals surface area contributed by atoms with E-state index in [-0.39, 0.29) is 16.4 Å². The van der Waals surface area contributed by atoms with Crippen LogP contribution in [0.15, 0.2) is 0 Å². The molecule has 3 nitrogen and oxygen atoms in total. The minimum Gasteiger partial charge on any atom is -0.325 e. The monoisotopic (exact) mass is 345 g/mol. The summed E-state index contributed by atoms with van der Waals surface area (Å²) >= 11 is 38.2. The predicted octanol–water partition coefficient (Wildman–Crippen LogP) is 4.19. The van der Waals surface area contributed by atoms with Gasteiger partial charge in [0.05, 0.1) is 0 Å². The van der Waals surface area contributed by atoms with Crippen molar-refractivity contribution in [3.05, 3.63) is 16.4 Å². The predicted molar refractivity (Wildman–Crippen MR) is 65.7 cm³/mol. The normalized spacial score (nSPS) is 12.9.